The van der Waals surface area contributed by atoms with E-state index in [1.807, 2.05) is 0 Å². The number of halogens is 1. The molecule has 3 aromatic carbocycles. The minimum Gasteiger partial charge on any atom is -0.497 e. The molecule has 0 aromatic heterocycles. The van der Waals surface area contributed by atoms with Crippen LogP contribution >= 0.6 is 27.7 Å². The molecule has 3 nitrogen and oxygen atoms in total. The van der Waals surface area contributed by atoms with Crippen molar-refractivity contribution in [2.45, 2.75) is 18.9 Å². The molecule has 0 saturated carbocycles. The van der Waals surface area contributed by atoms with Crippen LogP contribution in [-0.4, -0.2) is 17.2 Å². The van der Waals surface area contributed by atoms with Gasteiger partial charge in [-0.3, -0.25) is 0 Å². The molecule has 0 spiro atoms. The Morgan fingerprint density at radius 3 is 2.53 bits per heavy atom. The number of rotatable bonds is 3. The highest BCUT2D eigenvalue weighted by molar-refractivity contribution is 9.10. The normalized spacial score (nSPS) is 19.1. The van der Waals surface area contributed by atoms with Crippen LogP contribution in [0.2, 0.25) is 0 Å². The van der Waals surface area contributed by atoms with Gasteiger partial charge in [0.1, 0.15) is 5.75 Å². The zero-order chi connectivity index (χ0) is 21.7. The van der Waals surface area contributed by atoms with Gasteiger partial charge in [0.05, 0.1) is 24.5 Å². The number of aliphatic imine (C=N–C) groups is 1. The summed E-state index contributed by atoms with van der Waals surface area (Å²) in [6.07, 6.45) is 2.05. The second-order valence-corrected chi connectivity index (χ2v) is 9.85. The van der Waals surface area contributed by atoms with Gasteiger partial charge in [0.15, 0.2) is 5.17 Å². The number of aryl methyl sites for hydroxylation is 1. The Kier molecular flexibility index (Phi) is 4.96. The van der Waals surface area contributed by atoms with Crippen molar-refractivity contribution in [3.8, 4) is 5.75 Å². The van der Waals surface area contributed by atoms with Crippen LogP contribution in [0, 0.1) is 0 Å². The lowest BCUT2D eigenvalue weighted by atomic mass is 9.82. The minimum absolute atomic E-state index is 0.113. The van der Waals surface area contributed by atoms with Gasteiger partial charge in [-0.15, -0.1) is 0 Å². The second kappa shape index (κ2) is 7.98. The van der Waals surface area contributed by atoms with Crippen molar-refractivity contribution in [2.24, 2.45) is 4.99 Å². The summed E-state index contributed by atoms with van der Waals surface area (Å²) in [4.78, 5) is 7.63. The Hall–Kier alpha value is -2.76. The molecule has 158 valence electrons. The van der Waals surface area contributed by atoms with Gasteiger partial charge in [0.2, 0.25) is 0 Å². The average molecular weight is 501 g/mol. The third-order valence-corrected chi connectivity index (χ3v) is 7.72. The van der Waals surface area contributed by atoms with Gasteiger partial charge in [0.25, 0.3) is 0 Å². The zero-order valence-corrected chi connectivity index (χ0v) is 20.0. The first-order valence-corrected chi connectivity index (χ1v) is 12.4. The summed E-state index contributed by atoms with van der Waals surface area (Å²) in [6, 6.07) is 25.9. The third-order valence-electron chi connectivity index (χ3n) is 6.35. The van der Waals surface area contributed by atoms with E-state index < -0.39 is 0 Å². The predicted octanol–water partition coefficient (Wildman–Crippen LogP) is 7.27. The first kappa shape index (κ1) is 19.9. The molecule has 0 amide bonds. The van der Waals surface area contributed by atoms with Gasteiger partial charge in [-0.05, 0) is 59.4 Å². The Bertz CT molecular complexity index is 1290. The second-order valence-electron chi connectivity index (χ2n) is 8.10. The Balaban J connectivity index is 1.52. The summed E-state index contributed by atoms with van der Waals surface area (Å²) in [5, 5.41) is 3.28. The zero-order valence-electron chi connectivity index (χ0n) is 17.6. The fraction of sp³-hybridized carbons (Fsp3) is 0.148. The summed E-state index contributed by atoms with van der Waals surface area (Å²) < 4.78 is 6.51. The summed E-state index contributed by atoms with van der Waals surface area (Å²) >= 11 is 5.28. The standard InChI is InChI=1S/C27H21BrN2OS/c1-31-21-13-8-19(9-14-21)26-23-15-10-17-4-2-3-5-22(17)25(23)29-27-30(26)24(16-32-27)18-6-11-20(28)12-7-18/h2-9,11-14,16,26H,10,15H2,1H3/t26-/m1/s1. The summed E-state index contributed by atoms with van der Waals surface area (Å²) in [5.41, 5.74) is 8.87. The molecule has 0 unspecified atom stereocenters. The van der Waals surface area contributed by atoms with Crippen LogP contribution in [0.1, 0.15) is 34.7 Å². The minimum atomic E-state index is 0.113. The monoisotopic (exact) mass is 500 g/mol. The molecule has 1 atom stereocenters. The van der Waals surface area contributed by atoms with Crippen LogP contribution in [-0.2, 0) is 6.42 Å². The van der Waals surface area contributed by atoms with E-state index in [0.717, 1.165) is 33.9 Å². The molecule has 3 aliphatic rings. The molecular formula is C27H21BrN2OS. The van der Waals surface area contributed by atoms with Crippen LogP contribution < -0.4 is 4.74 Å². The number of amidine groups is 1. The highest BCUT2D eigenvalue weighted by atomic mass is 79.9. The van der Waals surface area contributed by atoms with E-state index >= 15 is 0 Å². The smallest absolute Gasteiger partial charge is 0.174 e. The van der Waals surface area contributed by atoms with Crippen molar-refractivity contribution in [2.75, 3.05) is 7.11 Å². The molecule has 0 N–H and O–H groups in total. The van der Waals surface area contributed by atoms with Crippen LogP contribution in [0.25, 0.3) is 11.4 Å². The Morgan fingerprint density at radius 2 is 1.75 bits per heavy atom. The van der Waals surface area contributed by atoms with Crippen molar-refractivity contribution < 1.29 is 4.74 Å². The van der Waals surface area contributed by atoms with E-state index in [1.165, 1.54) is 33.5 Å². The van der Waals surface area contributed by atoms with E-state index in [0.29, 0.717) is 0 Å². The molecule has 5 heteroatoms. The Labute approximate surface area is 200 Å². The topological polar surface area (TPSA) is 24.8 Å². The summed E-state index contributed by atoms with van der Waals surface area (Å²) in [6.45, 7) is 0. The summed E-state index contributed by atoms with van der Waals surface area (Å²) in [5.74, 6) is 0.876. The molecule has 1 aliphatic carbocycles. The molecule has 2 aliphatic heterocycles. The molecule has 0 radical (unpaired) electrons. The van der Waals surface area contributed by atoms with E-state index in [1.54, 1.807) is 18.9 Å². The molecule has 3 aromatic rings. The van der Waals surface area contributed by atoms with Gasteiger partial charge in [-0.2, -0.15) is 0 Å². The maximum absolute atomic E-state index is 5.43. The predicted molar refractivity (Wildman–Crippen MR) is 136 cm³/mol. The van der Waals surface area contributed by atoms with E-state index in [2.05, 4.69) is 99.0 Å². The van der Waals surface area contributed by atoms with Gasteiger partial charge < -0.3 is 9.64 Å². The largest absolute Gasteiger partial charge is 0.497 e. The SMILES string of the molecule is COc1ccc([C@@H]2C3=C(N=C4SC=C(c5ccc(Br)cc5)N42)c2ccccc2CC3)cc1. The van der Waals surface area contributed by atoms with E-state index in [4.69, 9.17) is 9.73 Å². The molecule has 2 heterocycles. The Morgan fingerprint density at radius 1 is 0.969 bits per heavy atom. The van der Waals surface area contributed by atoms with Crippen molar-refractivity contribution in [1.82, 2.24) is 4.90 Å². The van der Waals surface area contributed by atoms with Crippen LogP contribution in [0.4, 0.5) is 0 Å². The van der Waals surface area contributed by atoms with Crippen LogP contribution in [0.15, 0.2) is 93.2 Å². The molecule has 6 rings (SSSR count). The van der Waals surface area contributed by atoms with Crippen LogP contribution in [0.3, 0.4) is 0 Å². The highest BCUT2D eigenvalue weighted by Crippen LogP contribution is 2.51. The number of hydrogen-bond acceptors (Lipinski definition) is 4. The maximum Gasteiger partial charge on any atom is 0.174 e. The lowest BCUT2D eigenvalue weighted by Gasteiger charge is -2.39. The van der Waals surface area contributed by atoms with Crippen LogP contribution in [0.5, 0.6) is 5.75 Å². The van der Waals surface area contributed by atoms with Gasteiger partial charge in [0, 0.05) is 15.4 Å². The molecule has 32 heavy (non-hydrogen) atoms. The van der Waals surface area contributed by atoms with Gasteiger partial charge in [-0.25, -0.2) is 4.99 Å². The lowest BCUT2D eigenvalue weighted by Crippen LogP contribution is -2.34. The number of benzene rings is 3. The fourth-order valence-corrected chi connectivity index (χ4v) is 5.99. The molecule has 0 bridgehead atoms. The number of thioether (sulfide) groups is 1. The number of hydrogen-bond donors (Lipinski definition) is 0. The number of fused-ring (bicyclic) bond motifs is 3. The molecule has 0 saturated heterocycles. The van der Waals surface area contributed by atoms with E-state index in [9.17, 15) is 0 Å². The summed E-state index contributed by atoms with van der Waals surface area (Å²) in [7, 11) is 1.71. The third kappa shape index (κ3) is 3.23. The first-order valence-electron chi connectivity index (χ1n) is 10.7. The number of ether oxygens (including phenoxy) is 1. The fourth-order valence-electron chi connectivity index (χ4n) is 4.80. The van der Waals surface area contributed by atoms with Gasteiger partial charge >= 0.3 is 0 Å². The van der Waals surface area contributed by atoms with Gasteiger partial charge in [-0.1, -0.05) is 76.2 Å². The van der Waals surface area contributed by atoms with E-state index in [-0.39, 0.29) is 6.04 Å². The van der Waals surface area contributed by atoms with Crippen molar-refractivity contribution >= 4 is 44.3 Å². The number of nitrogens with zero attached hydrogens (tertiary/aromatic N) is 2. The highest BCUT2D eigenvalue weighted by Gasteiger charge is 2.40. The lowest BCUT2D eigenvalue weighted by molar-refractivity contribution is 0.413. The molecule has 0 fully saturated rings. The molecular weight excluding hydrogens is 480 g/mol. The van der Waals surface area contributed by atoms with Crippen molar-refractivity contribution in [3.05, 3.63) is 111 Å². The maximum atomic E-state index is 5.43. The van der Waals surface area contributed by atoms with Crippen molar-refractivity contribution in [1.29, 1.82) is 0 Å². The first-order chi connectivity index (χ1) is 15.7. The quantitative estimate of drug-likeness (QED) is 0.377. The number of methoxy groups -OCH3 is 1. The van der Waals surface area contributed by atoms with Crippen molar-refractivity contribution in [3.63, 3.8) is 0 Å². The average Bonchev–Trinajstić information content (AvgIpc) is 3.27.